The van der Waals surface area contributed by atoms with Gasteiger partial charge in [-0.3, -0.25) is 9.69 Å². The van der Waals surface area contributed by atoms with Crippen LogP contribution in [0.1, 0.15) is 49.6 Å². The van der Waals surface area contributed by atoms with Crippen LogP contribution in [0.2, 0.25) is 0 Å². The van der Waals surface area contributed by atoms with Gasteiger partial charge in [-0.05, 0) is 57.2 Å². The predicted octanol–water partition coefficient (Wildman–Crippen LogP) is 3.39. The summed E-state index contributed by atoms with van der Waals surface area (Å²) in [6.45, 7) is 1.26. The third-order valence-corrected chi connectivity index (χ3v) is 6.49. The third kappa shape index (κ3) is 3.26. The number of nitrogens with one attached hydrogen (secondary N) is 1. The van der Waals surface area contributed by atoms with Gasteiger partial charge in [-0.1, -0.05) is 12.1 Å². The number of nitrogens with zero attached hydrogens (tertiary/aromatic N) is 3. The van der Waals surface area contributed by atoms with Gasteiger partial charge in [-0.2, -0.15) is 5.26 Å². The summed E-state index contributed by atoms with van der Waals surface area (Å²) in [5, 5.41) is 13.6. The van der Waals surface area contributed by atoms with Gasteiger partial charge in [0.15, 0.2) is 0 Å². The molecule has 6 heteroatoms. The van der Waals surface area contributed by atoms with Crippen LogP contribution in [0.25, 0.3) is 10.2 Å². The first kappa shape index (κ1) is 16.5. The summed E-state index contributed by atoms with van der Waals surface area (Å²) < 4.78 is 1.20. The smallest absolute Gasteiger partial charge is 0.235 e. The van der Waals surface area contributed by atoms with E-state index in [1.165, 1.54) is 4.70 Å². The zero-order valence-corrected chi connectivity index (χ0v) is 15.0. The largest absolute Gasteiger partial charge is 0.337 e. The zero-order chi connectivity index (χ0) is 17.3. The van der Waals surface area contributed by atoms with Gasteiger partial charge < -0.3 is 5.32 Å². The van der Waals surface area contributed by atoms with Crippen LogP contribution in [0.3, 0.4) is 0 Å². The quantitative estimate of drug-likeness (QED) is 0.914. The van der Waals surface area contributed by atoms with Crippen molar-refractivity contribution < 1.29 is 4.79 Å². The van der Waals surface area contributed by atoms with Crippen molar-refractivity contribution >= 4 is 27.5 Å². The third-order valence-electron chi connectivity index (χ3n) is 5.36. The van der Waals surface area contributed by atoms with E-state index in [2.05, 4.69) is 22.4 Å². The summed E-state index contributed by atoms with van der Waals surface area (Å²) in [4.78, 5) is 19.5. The van der Waals surface area contributed by atoms with E-state index in [1.54, 1.807) is 11.3 Å². The Balaban J connectivity index is 1.46. The molecule has 0 radical (unpaired) electrons. The molecule has 2 fully saturated rings. The topological polar surface area (TPSA) is 69.0 Å². The highest BCUT2D eigenvalue weighted by Gasteiger charge is 2.37. The SMILES string of the molecule is N#CC1(NC(=O)CN2CCCC2c2nc3ccccc3s2)CCCC1. The number of aromatic nitrogens is 1. The van der Waals surface area contributed by atoms with Crippen molar-refractivity contribution in [2.45, 2.75) is 50.1 Å². The fourth-order valence-corrected chi connectivity index (χ4v) is 5.20. The molecule has 1 amide bonds. The van der Waals surface area contributed by atoms with Crippen molar-refractivity contribution in [1.82, 2.24) is 15.2 Å². The molecule has 1 saturated carbocycles. The Kier molecular flexibility index (Phi) is 4.45. The molecule has 1 aliphatic carbocycles. The average Bonchev–Trinajstić information content (AvgIpc) is 3.33. The molecule has 0 bridgehead atoms. The number of hydrogen-bond donors (Lipinski definition) is 1. The van der Waals surface area contributed by atoms with Crippen molar-refractivity contribution in [3.63, 3.8) is 0 Å². The van der Waals surface area contributed by atoms with E-state index < -0.39 is 5.54 Å². The number of carbonyl (C=O) groups is 1. The summed E-state index contributed by atoms with van der Waals surface area (Å²) in [5.74, 6) is -0.0311. The summed E-state index contributed by atoms with van der Waals surface area (Å²) in [5.41, 5.74) is 0.399. The number of amides is 1. The van der Waals surface area contributed by atoms with Crippen LogP contribution in [-0.4, -0.2) is 34.4 Å². The second-order valence-corrected chi connectivity index (χ2v) is 8.16. The molecule has 1 unspecified atom stereocenters. The Labute approximate surface area is 151 Å². The maximum Gasteiger partial charge on any atom is 0.235 e. The van der Waals surface area contributed by atoms with Crippen molar-refractivity contribution in [3.05, 3.63) is 29.3 Å². The van der Waals surface area contributed by atoms with E-state index in [4.69, 9.17) is 4.98 Å². The molecule has 4 rings (SSSR count). The number of fused-ring (bicyclic) bond motifs is 1. The highest BCUT2D eigenvalue weighted by molar-refractivity contribution is 7.18. The number of benzene rings is 1. The van der Waals surface area contributed by atoms with Gasteiger partial charge >= 0.3 is 0 Å². The number of likely N-dealkylation sites (tertiary alicyclic amines) is 1. The lowest BCUT2D eigenvalue weighted by Crippen LogP contribution is -2.48. The Morgan fingerprint density at radius 2 is 2.16 bits per heavy atom. The van der Waals surface area contributed by atoms with Crippen molar-refractivity contribution in [3.8, 4) is 6.07 Å². The molecular weight excluding hydrogens is 332 g/mol. The maximum atomic E-state index is 12.5. The van der Waals surface area contributed by atoms with Crippen LogP contribution in [0, 0.1) is 11.3 Å². The van der Waals surface area contributed by atoms with Crippen molar-refractivity contribution in [2.75, 3.05) is 13.1 Å². The maximum absolute atomic E-state index is 12.5. The predicted molar refractivity (Wildman–Crippen MR) is 98.1 cm³/mol. The first-order valence-corrected chi connectivity index (χ1v) is 9.83. The number of rotatable bonds is 4. The molecule has 5 nitrogen and oxygen atoms in total. The van der Waals surface area contributed by atoms with Gasteiger partial charge in [0, 0.05) is 0 Å². The van der Waals surface area contributed by atoms with Crippen LogP contribution in [0.15, 0.2) is 24.3 Å². The van der Waals surface area contributed by atoms with Crippen molar-refractivity contribution in [2.24, 2.45) is 0 Å². The van der Waals surface area contributed by atoms with E-state index in [1.807, 2.05) is 18.2 Å². The summed E-state index contributed by atoms with van der Waals surface area (Å²) >= 11 is 1.73. The second kappa shape index (κ2) is 6.74. The second-order valence-electron chi connectivity index (χ2n) is 7.10. The molecule has 1 aromatic carbocycles. The number of para-hydroxylation sites is 1. The Morgan fingerprint density at radius 3 is 2.92 bits per heavy atom. The molecule has 0 spiro atoms. The summed E-state index contributed by atoms with van der Waals surface area (Å²) in [6.07, 6.45) is 5.71. The van der Waals surface area contributed by atoms with Gasteiger partial charge in [-0.25, -0.2) is 4.98 Å². The summed E-state index contributed by atoms with van der Waals surface area (Å²) in [6, 6.07) is 10.7. The van der Waals surface area contributed by atoms with Crippen LogP contribution in [-0.2, 0) is 4.79 Å². The molecule has 2 heterocycles. The molecular formula is C19H22N4OS. The number of thiazole rings is 1. The Morgan fingerprint density at radius 1 is 1.36 bits per heavy atom. The van der Waals surface area contributed by atoms with Gasteiger partial charge in [0.25, 0.3) is 0 Å². The molecule has 1 aromatic heterocycles. The van der Waals surface area contributed by atoms with Crippen molar-refractivity contribution in [1.29, 1.82) is 5.26 Å². The molecule has 1 atom stereocenters. The summed E-state index contributed by atoms with van der Waals surface area (Å²) in [7, 11) is 0. The van der Waals surface area contributed by atoms with E-state index in [9.17, 15) is 10.1 Å². The van der Waals surface area contributed by atoms with E-state index in [0.29, 0.717) is 6.54 Å². The van der Waals surface area contributed by atoms with Crippen LogP contribution in [0.4, 0.5) is 0 Å². The monoisotopic (exact) mass is 354 g/mol. The van der Waals surface area contributed by atoms with Gasteiger partial charge in [0.05, 0.1) is 28.9 Å². The molecule has 2 aromatic rings. The number of nitriles is 1. The zero-order valence-electron chi connectivity index (χ0n) is 14.2. The van der Waals surface area contributed by atoms with E-state index >= 15 is 0 Å². The van der Waals surface area contributed by atoms with Crippen LogP contribution >= 0.6 is 11.3 Å². The fourth-order valence-electron chi connectivity index (χ4n) is 4.06. The van der Waals surface area contributed by atoms with Gasteiger partial charge in [0.2, 0.25) is 5.91 Å². The van der Waals surface area contributed by atoms with E-state index in [-0.39, 0.29) is 11.9 Å². The van der Waals surface area contributed by atoms with Crippen LogP contribution < -0.4 is 5.32 Å². The van der Waals surface area contributed by atoms with E-state index in [0.717, 1.165) is 55.6 Å². The number of hydrogen-bond acceptors (Lipinski definition) is 5. The first-order valence-electron chi connectivity index (χ1n) is 9.01. The minimum absolute atomic E-state index is 0.0311. The van der Waals surface area contributed by atoms with Gasteiger partial charge in [0.1, 0.15) is 10.5 Å². The Bertz CT molecular complexity index is 785. The lowest BCUT2D eigenvalue weighted by atomic mass is 10.00. The first-order chi connectivity index (χ1) is 12.2. The lowest BCUT2D eigenvalue weighted by molar-refractivity contribution is -0.123. The number of carbonyl (C=O) groups excluding carboxylic acids is 1. The highest BCUT2D eigenvalue weighted by atomic mass is 32.1. The molecule has 130 valence electrons. The molecule has 2 aliphatic rings. The molecule has 1 saturated heterocycles. The minimum Gasteiger partial charge on any atom is -0.337 e. The molecule has 25 heavy (non-hydrogen) atoms. The normalized spacial score (nSPS) is 22.9. The highest BCUT2D eigenvalue weighted by Crippen LogP contribution is 2.36. The van der Waals surface area contributed by atoms with Gasteiger partial charge in [-0.15, -0.1) is 11.3 Å². The van der Waals surface area contributed by atoms with Crippen LogP contribution in [0.5, 0.6) is 0 Å². The fraction of sp³-hybridized carbons (Fsp3) is 0.526. The minimum atomic E-state index is -0.637. The average molecular weight is 354 g/mol. The molecule has 1 aliphatic heterocycles. The standard InChI is InChI=1S/C19H22N4OS/c20-13-19(9-3-4-10-19)22-17(24)12-23-11-5-7-15(23)18-21-14-6-1-2-8-16(14)25-18/h1-2,6,8,15H,3-5,7,9-12H2,(H,22,24). The Hall–Kier alpha value is -1.97. The molecule has 1 N–H and O–H groups in total. The lowest BCUT2D eigenvalue weighted by Gasteiger charge is -2.26.